The Balaban J connectivity index is 3.09. The molecule has 0 aromatic heterocycles. The second-order valence-electron chi connectivity index (χ2n) is 6.05. The monoisotopic (exact) mass is 258 g/mol. The standard InChI is InChI=1S/C13H30OSi2/c1-7-15(8-2)12-11-13(5,6)14-16(15,9-3)10-4/h7-12H2,1-6H3. The molecule has 1 saturated heterocycles. The van der Waals surface area contributed by atoms with Gasteiger partial charge in [-0.05, 0) is 32.4 Å². The van der Waals surface area contributed by atoms with Gasteiger partial charge in [-0.3, -0.25) is 0 Å². The highest BCUT2D eigenvalue weighted by molar-refractivity contribution is 7.40. The van der Waals surface area contributed by atoms with Crippen molar-refractivity contribution in [2.75, 3.05) is 0 Å². The number of hydrogen-bond acceptors (Lipinski definition) is 1. The third-order valence-corrected chi connectivity index (χ3v) is 25.3. The molecule has 1 aliphatic rings. The van der Waals surface area contributed by atoms with Crippen LogP contribution in [0.1, 0.15) is 48.0 Å². The topological polar surface area (TPSA) is 9.23 Å². The highest BCUT2D eigenvalue weighted by atomic mass is 29.3. The van der Waals surface area contributed by atoms with Gasteiger partial charge >= 0.3 is 0 Å². The van der Waals surface area contributed by atoms with Crippen molar-refractivity contribution in [3.8, 4) is 0 Å². The highest BCUT2D eigenvalue weighted by Gasteiger charge is 2.57. The first kappa shape index (κ1) is 14.5. The van der Waals surface area contributed by atoms with Crippen LogP contribution in [-0.4, -0.2) is 21.0 Å². The zero-order chi connectivity index (χ0) is 12.4. The Morgan fingerprint density at radius 3 is 1.81 bits per heavy atom. The predicted molar refractivity (Wildman–Crippen MR) is 78.0 cm³/mol. The van der Waals surface area contributed by atoms with Gasteiger partial charge in [-0.1, -0.05) is 45.8 Å². The molecule has 0 radical (unpaired) electrons. The fraction of sp³-hybridized carbons (Fsp3) is 1.00. The lowest BCUT2D eigenvalue weighted by molar-refractivity contribution is 0.0893. The first-order valence-electron chi connectivity index (χ1n) is 7.11. The lowest BCUT2D eigenvalue weighted by Gasteiger charge is -2.55. The number of hydrogen-bond donors (Lipinski definition) is 0. The fourth-order valence-corrected chi connectivity index (χ4v) is 23.1. The molecule has 0 atom stereocenters. The van der Waals surface area contributed by atoms with Crippen molar-refractivity contribution >= 4 is 15.4 Å². The summed E-state index contributed by atoms with van der Waals surface area (Å²) < 4.78 is 6.76. The van der Waals surface area contributed by atoms with Gasteiger partial charge in [0, 0.05) is 0 Å². The van der Waals surface area contributed by atoms with Crippen molar-refractivity contribution in [1.82, 2.24) is 0 Å². The maximum absolute atomic E-state index is 6.76. The van der Waals surface area contributed by atoms with Gasteiger partial charge in [0.2, 0.25) is 0 Å². The van der Waals surface area contributed by atoms with Crippen LogP contribution in [0.4, 0.5) is 0 Å². The van der Waals surface area contributed by atoms with Gasteiger partial charge in [0.25, 0.3) is 0 Å². The van der Waals surface area contributed by atoms with Gasteiger partial charge in [-0.15, -0.1) is 0 Å². The molecule has 1 aliphatic heterocycles. The number of rotatable bonds is 4. The van der Waals surface area contributed by atoms with E-state index in [9.17, 15) is 0 Å². The Hall–Kier alpha value is 0.394. The minimum Gasteiger partial charge on any atom is -0.415 e. The van der Waals surface area contributed by atoms with E-state index in [2.05, 4.69) is 41.5 Å². The Morgan fingerprint density at radius 2 is 1.44 bits per heavy atom. The first-order chi connectivity index (χ1) is 7.41. The Morgan fingerprint density at radius 1 is 0.938 bits per heavy atom. The molecule has 1 heterocycles. The second-order valence-corrected chi connectivity index (χ2v) is 20.0. The quantitative estimate of drug-likeness (QED) is 0.662. The Bertz CT molecular complexity index is 230. The summed E-state index contributed by atoms with van der Waals surface area (Å²) in [6, 6.07) is 7.13. The lowest BCUT2D eigenvalue weighted by Crippen LogP contribution is -2.69. The van der Waals surface area contributed by atoms with Crippen LogP contribution in [0.25, 0.3) is 0 Å². The molecule has 0 N–H and O–H groups in total. The molecule has 0 aliphatic carbocycles. The van der Waals surface area contributed by atoms with Gasteiger partial charge in [0.15, 0.2) is 7.83 Å². The van der Waals surface area contributed by atoms with Crippen molar-refractivity contribution in [2.45, 2.75) is 83.8 Å². The fourth-order valence-electron chi connectivity index (χ4n) is 3.85. The largest absolute Gasteiger partial charge is 0.415 e. The van der Waals surface area contributed by atoms with Gasteiger partial charge in [-0.2, -0.15) is 0 Å². The summed E-state index contributed by atoms with van der Waals surface area (Å²) in [6.07, 6.45) is 1.30. The van der Waals surface area contributed by atoms with E-state index in [0.717, 1.165) is 0 Å². The van der Waals surface area contributed by atoms with E-state index in [4.69, 9.17) is 4.43 Å². The molecule has 1 nitrogen and oxygen atoms in total. The minimum absolute atomic E-state index is 0.166. The Kier molecular flexibility index (Phi) is 4.47. The molecule has 0 saturated carbocycles. The summed E-state index contributed by atoms with van der Waals surface area (Å²) in [6.45, 7) is 14.3. The van der Waals surface area contributed by atoms with E-state index in [0.29, 0.717) is 0 Å². The molecular formula is C13H30OSi2. The molecule has 1 fully saturated rings. The molecule has 0 aromatic carbocycles. The minimum atomic E-state index is -1.41. The third kappa shape index (κ3) is 2.18. The second kappa shape index (κ2) is 4.95. The van der Waals surface area contributed by atoms with E-state index < -0.39 is 15.4 Å². The zero-order valence-corrected chi connectivity index (χ0v) is 14.2. The van der Waals surface area contributed by atoms with Crippen LogP contribution < -0.4 is 0 Å². The average molecular weight is 259 g/mol. The zero-order valence-electron chi connectivity index (χ0n) is 12.2. The van der Waals surface area contributed by atoms with Crippen LogP contribution in [0.3, 0.4) is 0 Å². The molecule has 3 heteroatoms. The summed E-state index contributed by atoms with van der Waals surface area (Å²) in [7, 11) is -2.49. The van der Waals surface area contributed by atoms with Gasteiger partial charge < -0.3 is 4.43 Å². The SMILES string of the molecule is CC[Si]1(CC)CCC(C)(C)O[Si]1(CC)CC. The molecular weight excluding hydrogens is 228 g/mol. The molecule has 0 aromatic rings. The molecule has 0 spiro atoms. The van der Waals surface area contributed by atoms with Crippen molar-refractivity contribution in [1.29, 1.82) is 0 Å². The summed E-state index contributed by atoms with van der Waals surface area (Å²) in [5.74, 6) is 0. The van der Waals surface area contributed by atoms with Gasteiger partial charge in [0.05, 0.1) is 13.2 Å². The predicted octanol–water partition coefficient (Wildman–Crippen LogP) is 4.74. The van der Waals surface area contributed by atoms with Crippen LogP contribution >= 0.6 is 0 Å². The van der Waals surface area contributed by atoms with E-state index in [1.165, 1.54) is 36.6 Å². The van der Waals surface area contributed by atoms with Crippen LogP contribution in [0.5, 0.6) is 0 Å². The van der Waals surface area contributed by atoms with E-state index in [1.54, 1.807) is 0 Å². The summed E-state index contributed by atoms with van der Waals surface area (Å²) in [4.78, 5) is 0. The van der Waals surface area contributed by atoms with Crippen molar-refractivity contribution in [3.05, 3.63) is 0 Å². The van der Waals surface area contributed by atoms with E-state index in [1.807, 2.05) is 0 Å². The van der Waals surface area contributed by atoms with Crippen LogP contribution in [0.15, 0.2) is 0 Å². The summed E-state index contributed by atoms with van der Waals surface area (Å²) in [5, 5.41) is 0. The first-order valence-corrected chi connectivity index (χ1v) is 13.1. The average Bonchev–Trinajstić information content (AvgIpc) is 2.28. The summed E-state index contributed by atoms with van der Waals surface area (Å²) in [5.41, 5.74) is 0.166. The van der Waals surface area contributed by atoms with Crippen molar-refractivity contribution in [3.63, 3.8) is 0 Å². The molecule has 1 rings (SSSR count). The molecule has 0 amide bonds. The summed E-state index contributed by atoms with van der Waals surface area (Å²) >= 11 is 0. The van der Waals surface area contributed by atoms with Crippen LogP contribution in [0.2, 0.25) is 30.2 Å². The highest BCUT2D eigenvalue weighted by Crippen LogP contribution is 2.46. The maximum Gasteiger partial charge on any atom is 0.180 e. The Labute approximate surface area is 104 Å². The van der Waals surface area contributed by atoms with Crippen molar-refractivity contribution in [2.24, 2.45) is 0 Å². The van der Waals surface area contributed by atoms with Crippen molar-refractivity contribution < 1.29 is 4.43 Å². The third-order valence-electron chi connectivity index (χ3n) is 5.14. The van der Waals surface area contributed by atoms with Crippen LogP contribution in [-0.2, 0) is 4.43 Å². The van der Waals surface area contributed by atoms with Gasteiger partial charge in [-0.25, -0.2) is 0 Å². The van der Waals surface area contributed by atoms with E-state index >= 15 is 0 Å². The normalized spacial score (nSPS) is 26.6. The molecule has 0 bridgehead atoms. The molecule has 16 heavy (non-hydrogen) atoms. The van der Waals surface area contributed by atoms with Gasteiger partial charge in [0.1, 0.15) is 0 Å². The smallest absolute Gasteiger partial charge is 0.180 e. The lowest BCUT2D eigenvalue weighted by atomic mass is 10.1. The maximum atomic E-state index is 6.76. The molecule has 0 unspecified atom stereocenters. The van der Waals surface area contributed by atoms with E-state index in [-0.39, 0.29) is 5.60 Å². The van der Waals surface area contributed by atoms with Crippen LogP contribution in [0, 0.1) is 0 Å². The molecule has 96 valence electrons.